The molecule has 2 fully saturated rings. The lowest BCUT2D eigenvalue weighted by atomic mass is 10.1. The van der Waals surface area contributed by atoms with Crippen molar-refractivity contribution in [3.8, 4) is 0 Å². The molecule has 34 heavy (non-hydrogen) atoms. The molecule has 0 amide bonds. The molecule has 1 aliphatic carbocycles. The van der Waals surface area contributed by atoms with Crippen LogP contribution in [0.5, 0.6) is 0 Å². The van der Waals surface area contributed by atoms with E-state index < -0.39 is 41.8 Å². The van der Waals surface area contributed by atoms with Crippen LogP contribution >= 0.6 is 0 Å². The van der Waals surface area contributed by atoms with Gasteiger partial charge in [-0.05, 0) is 36.4 Å². The number of rotatable bonds is 7. The zero-order valence-corrected chi connectivity index (χ0v) is 18.2. The summed E-state index contributed by atoms with van der Waals surface area (Å²) in [6, 6.07) is 25.7. The molecule has 2 unspecified atom stereocenters. The second kappa shape index (κ2) is 9.11. The summed E-state index contributed by atoms with van der Waals surface area (Å²) in [6.07, 6.45) is -1.76. The molecule has 1 saturated carbocycles. The van der Waals surface area contributed by atoms with Crippen LogP contribution in [0.3, 0.4) is 0 Å². The van der Waals surface area contributed by atoms with Crippen LogP contribution < -0.4 is 0 Å². The topological polar surface area (TPSA) is 88.1 Å². The Bertz CT molecular complexity index is 1180. The minimum Gasteiger partial charge on any atom is -0.459 e. The van der Waals surface area contributed by atoms with Gasteiger partial charge in [0, 0.05) is 6.42 Å². The van der Waals surface area contributed by atoms with Gasteiger partial charge in [0.05, 0.1) is 16.7 Å². The lowest BCUT2D eigenvalue weighted by Gasteiger charge is -2.27. The summed E-state index contributed by atoms with van der Waals surface area (Å²) in [6.45, 7) is -0.151. The first-order chi connectivity index (χ1) is 16.6. The fourth-order valence-corrected chi connectivity index (χ4v) is 4.14. The lowest BCUT2D eigenvalue weighted by molar-refractivity contribution is -0.0733. The minimum atomic E-state index is -1.12. The zero-order chi connectivity index (χ0) is 23.5. The van der Waals surface area contributed by atoms with E-state index in [-0.39, 0.29) is 6.61 Å². The first-order valence-electron chi connectivity index (χ1n) is 11.0. The molecule has 3 aromatic rings. The standard InChI is InChI=1S/C27H22O7/c28-24(18-10-4-1-5-11-18)31-17-21-23(33-25(29)19-12-6-2-7-13-19)27(16-22(27)32-21)34-26(30)20-14-8-3-9-15-20/h1-15,21-23H,16-17H2/t21-,22+,23?,27?/m1/s1. The molecule has 1 aliphatic heterocycles. The van der Waals surface area contributed by atoms with Gasteiger partial charge < -0.3 is 18.9 Å². The number of hydrogen-bond donors (Lipinski definition) is 0. The van der Waals surface area contributed by atoms with E-state index in [1.165, 1.54) is 0 Å². The van der Waals surface area contributed by atoms with Crippen molar-refractivity contribution < 1.29 is 33.3 Å². The van der Waals surface area contributed by atoms with E-state index in [2.05, 4.69) is 0 Å². The SMILES string of the molecule is O=C(OC[C@H]1O[C@H]2CC2(OC(=O)c2ccccc2)C1OC(=O)c1ccccc1)c1ccccc1. The van der Waals surface area contributed by atoms with Gasteiger partial charge in [-0.15, -0.1) is 0 Å². The molecule has 7 nitrogen and oxygen atoms in total. The highest BCUT2D eigenvalue weighted by atomic mass is 16.7. The molecule has 1 heterocycles. The van der Waals surface area contributed by atoms with E-state index in [0.717, 1.165) is 0 Å². The van der Waals surface area contributed by atoms with Gasteiger partial charge >= 0.3 is 17.9 Å². The van der Waals surface area contributed by atoms with E-state index in [4.69, 9.17) is 18.9 Å². The Morgan fingerprint density at radius 2 is 1.24 bits per heavy atom. The molecule has 2 aliphatic rings. The normalized spacial score (nSPS) is 24.5. The van der Waals surface area contributed by atoms with Crippen molar-refractivity contribution in [2.75, 3.05) is 6.61 Å². The summed E-state index contributed by atoms with van der Waals surface area (Å²) < 4.78 is 23.1. The van der Waals surface area contributed by atoms with Crippen molar-refractivity contribution >= 4 is 17.9 Å². The Hall–Kier alpha value is -3.97. The smallest absolute Gasteiger partial charge is 0.338 e. The van der Waals surface area contributed by atoms with E-state index in [1.54, 1.807) is 91.0 Å². The van der Waals surface area contributed by atoms with Gasteiger partial charge in [0.15, 0.2) is 11.7 Å². The number of ether oxygens (including phenoxy) is 4. The fraction of sp³-hybridized carbons (Fsp3) is 0.222. The highest BCUT2D eigenvalue weighted by Crippen LogP contribution is 2.54. The fourth-order valence-electron chi connectivity index (χ4n) is 4.14. The van der Waals surface area contributed by atoms with Crippen LogP contribution in [0.25, 0.3) is 0 Å². The Morgan fingerprint density at radius 1 is 0.735 bits per heavy atom. The van der Waals surface area contributed by atoms with Gasteiger partial charge in [0.1, 0.15) is 18.8 Å². The third-order valence-electron chi connectivity index (χ3n) is 5.97. The Morgan fingerprint density at radius 3 is 1.79 bits per heavy atom. The Labute approximate surface area is 196 Å². The molecule has 7 heteroatoms. The van der Waals surface area contributed by atoms with Gasteiger partial charge in [-0.1, -0.05) is 54.6 Å². The largest absolute Gasteiger partial charge is 0.459 e. The van der Waals surface area contributed by atoms with Gasteiger partial charge in [-0.25, -0.2) is 14.4 Å². The van der Waals surface area contributed by atoms with Crippen molar-refractivity contribution in [3.05, 3.63) is 108 Å². The van der Waals surface area contributed by atoms with Crippen LogP contribution in [-0.2, 0) is 18.9 Å². The molecule has 0 N–H and O–H groups in total. The number of fused-ring (bicyclic) bond motifs is 1. The van der Waals surface area contributed by atoms with Gasteiger partial charge in [0.2, 0.25) is 0 Å². The first kappa shape index (κ1) is 21.9. The predicted octanol–water partition coefficient (Wildman–Crippen LogP) is 3.84. The predicted molar refractivity (Wildman–Crippen MR) is 120 cm³/mol. The van der Waals surface area contributed by atoms with Crippen molar-refractivity contribution in [3.63, 3.8) is 0 Å². The van der Waals surface area contributed by atoms with Crippen molar-refractivity contribution in [2.45, 2.75) is 30.3 Å². The van der Waals surface area contributed by atoms with Crippen LogP contribution in [-0.4, -0.2) is 48.4 Å². The van der Waals surface area contributed by atoms with Gasteiger partial charge in [-0.3, -0.25) is 0 Å². The molecule has 0 aromatic heterocycles. The molecule has 3 aromatic carbocycles. The second-order valence-corrected chi connectivity index (χ2v) is 8.23. The maximum atomic E-state index is 12.8. The molecular formula is C27H22O7. The first-order valence-corrected chi connectivity index (χ1v) is 11.0. The van der Waals surface area contributed by atoms with Crippen molar-refractivity contribution in [2.24, 2.45) is 0 Å². The van der Waals surface area contributed by atoms with E-state index in [0.29, 0.717) is 23.1 Å². The number of carbonyl (C=O) groups excluding carboxylic acids is 3. The molecule has 5 rings (SSSR count). The van der Waals surface area contributed by atoms with Gasteiger partial charge in [-0.2, -0.15) is 0 Å². The van der Waals surface area contributed by atoms with Crippen LogP contribution in [0.15, 0.2) is 91.0 Å². The molecule has 4 atom stereocenters. The number of benzene rings is 3. The van der Waals surface area contributed by atoms with E-state index in [9.17, 15) is 14.4 Å². The summed E-state index contributed by atoms with van der Waals surface area (Å²) in [5, 5.41) is 0. The maximum absolute atomic E-state index is 12.8. The van der Waals surface area contributed by atoms with Gasteiger partial charge in [0.25, 0.3) is 0 Å². The van der Waals surface area contributed by atoms with E-state index >= 15 is 0 Å². The summed E-state index contributed by atoms with van der Waals surface area (Å²) in [7, 11) is 0. The summed E-state index contributed by atoms with van der Waals surface area (Å²) in [4.78, 5) is 38.0. The number of carbonyl (C=O) groups is 3. The number of esters is 3. The summed E-state index contributed by atoms with van der Waals surface area (Å²) in [5.74, 6) is -1.63. The quantitative estimate of drug-likeness (QED) is 0.393. The molecule has 172 valence electrons. The maximum Gasteiger partial charge on any atom is 0.338 e. The molecular weight excluding hydrogens is 436 g/mol. The summed E-state index contributed by atoms with van der Waals surface area (Å²) in [5.41, 5.74) is 0.0146. The van der Waals surface area contributed by atoms with Crippen LogP contribution in [0.2, 0.25) is 0 Å². The highest BCUT2D eigenvalue weighted by molar-refractivity contribution is 5.91. The Balaban J connectivity index is 1.34. The molecule has 0 spiro atoms. The Kier molecular flexibility index (Phi) is 5.86. The highest BCUT2D eigenvalue weighted by Gasteiger charge is 2.74. The average Bonchev–Trinajstić information content (AvgIpc) is 3.50. The van der Waals surface area contributed by atoms with E-state index in [1.807, 2.05) is 0 Å². The molecule has 1 saturated heterocycles. The van der Waals surface area contributed by atoms with Crippen LogP contribution in [0, 0.1) is 0 Å². The van der Waals surface area contributed by atoms with Crippen molar-refractivity contribution in [1.29, 1.82) is 0 Å². The van der Waals surface area contributed by atoms with Crippen molar-refractivity contribution in [1.82, 2.24) is 0 Å². The number of hydrogen-bond acceptors (Lipinski definition) is 7. The monoisotopic (exact) mass is 458 g/mol. The third-order valence-corrected chi connectivity index (χ3v) is 5.97. The lowest BCUT2D eigenvalue weighted by Crippen LogP contribution is -2.44. The molecule has 0 radical (unpaired) electrons. The van der Waals surface area contributed by atoms with Crippen LogP contribution in [0.4, 0.5) is 0 Å². The van der Waals surface area contributed by atoms with Crippen LogP contribution in [0.1, 0.15) is 37.5 Å². The summed E-state index contributed by atoms with van der Waals surface area (Å²) >= 11 is 0. The zero-order valence-electron chi connectivity index (χ0n) is 18.2. The molecule has 0 bridgehead atoms. The third kappa shape index (κ3) is 4.30. The minimum absolute atomic E-state index is 0.151. The average molecular weight is 458 g/mol. The second-order valence-electron chi connectivity index (χ2n) is 8.23.